The highest BCUT2D eigenvalue weighted by molar-refractivity contribution is 6.04. The summed E-state index contributed by atoms with van der Waals surface area (Å²) in [5.41, 5.74) is 0.509. The Kier molecular flexibility index (Phi) is 2.65. The topological polar surface area (TPSA) is 35.5 Å². The smallest absolute Gasteiger partial charge is 0.293 e. The molecule has 0 radical (unpaired) electrons. The molecule has 0 saturated heterocycles. The number of fused-ring (bicyclic) bond motifs is 1. The van der Waals surface area contributed by atoms with Crippen molar-refractivity contribution in [3.63, 3.8) is 0 Å². The Bertz CT molecular complexity index is 486. The maximum Gasteiger partial charge on any atom is 0.373 e. The summed E-state index contributed by atoms with van der Waals surface area (Å²) in [6.07, 6.45) is 0. The van der Waals surface area contributed by atoms with Crippen LogP contribution in [0.4, 0.5) is 0 Å². The molecule has 2 aromatic rings. The number of hydrogen-bond acceptors (Lipinski definition) is 3. The van der Waals surface area contributed by atoms with E-state index in [0.717, 1.165) is 10.8 Å². The van der Waals surface area contributed by atoms with E-state index in [1.165, 1.54) is 7.11 Å². The highest BCUT2D eigenvalue weighted by Crippen LogP contribution is 2.19. The molecule has 0 amide bonds. The second-order valence-corrected chi connectivity index (χ2v) is 3.06. The fraction of sp³-hybridized carbons (Fsp3) is 0.0833. The molecule has 3 nitrogen and oxygen atoms in total. The van der Waals surface area contributed by atoms with Crippen molar-refractivity contribution in [3.8, 4) is 0 Å². The highest BCUT2D eigenvalue weighted by Gasteiger charge is 2.10. The van der Waals surface area contributed by atoms with Gasteiger partial charge in [-0.05, 0) is 16.8 Å². The van der Waals surface area contributed by atoms with Gasteiger partial charge in [0.1, 0.15) is 0 Å². The lowest BCUT2D eigenvalue weighted by molar-refractivity contribution is -0.216. The minimum atomic E-state index is -0.477. The zero-order valence-corrected chi connectivity index (χ0v) is 8.27. The van der Waals surface area contributed by atoms with Gasteiger partial charge >= 0.3 is 5.97 Å². The van der Waals surface area contributed by atoms with E-state index in [9.17, 15) is 4.79 Å². The first-order valence-electron chi connectivity index (χ1n) is 4.55. The van der Waals surface area contributed by atoms with E-state index < -0.39 is 5.97 Å². The summed E-state index contributed by atoms with van der Waals surface area (Å²) in [5, 5.41) is 1.87. The summed E-state index contributed by atoms with van der Waals surface area (Å²) in [4.78, 5) is 20.4. The van der Waals surface area contributed by atoms with Crippen LogP contribution >= 0.6 is 0 Å². The van der Waals surface area contributed by atoms with Gasteiger partial charge < -0.3 is 0 Å². The molecule has 0 heterocycles. The van der Waals surface area contributed by atoms with Crippen LogP contribution in [0.25, 0.3) is 10.8 Å². The van der Waals surface area contributed by atoms with Gasteiger partial charge in [0.05, 0.1) is 12.7 Å². The van der Waals surface area contributed by atoms with Gasteiger partial charge in [-0.15, -0.1) is 0 Å². The largest absolute Gasteiger partial charge is 0.373 e. The normalized spacial score (nSPS) is 10.2. The molecular formula is C12H10O3. The lowest BCUT2D eigenvalue weighted by Gasteiger charge is -2.03. The Hall–Kier alpha value is -1.87. The molecule has 0 aliphatic carbocycles. The van der Waals surface area contributed by atoms with E-state index in [0.29, 0.717) is 5.56 Å². The van der Waals surface area contributed by atoms with Gasteiger partial charge in [-0.2, -0.15) is 4.89 Å². The predicted molar refractivity (Wildman–Crippen MR) is 56.4 cm³/mol. The molecule has 15 heavy (non-hydrogen) atoms. The Morgan fingerprint density at radius 2 is 1.80 bits per heavy atom. The van der Waals surface area contributed by atoms with Crippen LogP contribution in [0.1, 0.15) is 10.4 Å². The highest BCUT2D eigenvalue weighted by atomic mass is 17.2. The number of benzene rings is 2. The molecule has 0 saturated carbocycles. The standard InChI is InChI=1S/C12H10O3/c1-14-15-12(13)11-8-4-6-9-5-2-3-7-10(9)11/h2-8H,1H3. The van der Waals surface area contributed by atoms with Crippen molar-refractivity contribution < 1.29 is 14.6 Å². The molecule has 0 unspecified atom stereocenters. The van der Waals surface area contributed by atoms with Crippen LogP contribution in [-0.2, 0) is 9.78 Å². The summed E-state index contributed by atoms with van der Waals surface area (Å²) < 4.78 is 0. The van der Waals surface area contributed by atoms with Crippen LogP contribution in [0.5, 0.6) is 0 Å². The van der Waals surface area contributed by atoms with Gasteiger partial charge in [0.25, 0.3) is 0 Å². The van der Waals surface area contributed by atoms with Gasteiger partial charge in [0.2, 0.25) is 0 Å². The average Bonchev–Trinajstić information content (AvgIpc) is 2.28. The van der Waals surface area contributed by atoms with Crippen LogP contribution in [0.15, 0.2) is 42.5 Å². The van der Waals surface area contributed by atoms with E-state index in [1.54, 1.807) is 6.07 Å². The van der Waals surface area contributed by atoms with E-state index >= 15 is 0 Å². The lowest BCUT2D eigenvalue weighted by Crippen LogP contribution is -2.04. The molecule has 0 spiro atoms. The van der Waals surface area contributed by atoms with E-state index in [2.05, 4.69) is 9.78 Å². The molecule has 0 bridgehead atoms. The zero-order chi connectivity index (χ0) is 10.7. The Labute approximate surface area is 87.2 Å². The Morgan fingerprint density at radius 3 is 2.60 bits per heavy atom. The number of hydrogen-bond donors (Lipinski definition) is 0. The van der Waals surface area contributed by atoms with Gasteiger partial charge in [-0.1, -0.05) is 36.4 Å². The van der Waals surface area contributed by atoms with Crippen molar-refractivity contribution in [1.82, 2.24) is 0 Å². The monoisotopic (exact) mass is 202 g/mol. The number of carbonyl (C=O) groups excluding carboxylic acids is 1. The van der Waals surface area contributed by atoms with Crippen molar-refractivity contribution in [2.45, 2.75) is 0 Å². The van der Waals surface area contributed by atoms with Crippen molar-refractivity contribution in [2.24, 2.45) is 0 Å². The van der Waals surface area contributed by atoms with E-state index in [1.807, 2.05) is 36.4 Å². The molecule has 2 rings (SSSR count). The fourth-order valence-corrected chi connectivity index (χ4v) is 1.52. The Balaban J connectivity index is 2.56. The van der Waals surface area contributed by atoms with Crippen LogP contribution in [-0.4, -0.2) is 13.1 Å². The lowest BCUT2D eigenvalue weighted by atomic mass is 10.1. The van der Waals surface area contributed by atoms with E-state index in [4.69, 9.17) is 0 Å². The first-order valence-corrected chi connectivity index (χ1v) is 4.55. The molecule has 76 valence electrons. The molecular weight excluding hydrogens is 192 g/mol. The van der Waals surface area contributed by atoms with Gasteiger partial charge in [-0.3, -0.25) is 4.89 Å². The second kappa shape index (κ2) is 4.11. The van der Waals surface area contributed by atoms with Crippen LogP contribution < -0.4 is 0 Å². The molecule has 0 aliphatic heterocycles. The molecule has 2 aromatic carbocycles. The maximum atomic E-state index is 11.5. The average molecular weight is 202 g/mol. The van der Waals surface area contributed by atoms with E-state index in [-0.39, 0.29) is 0 Å². The van der Waals surface area contributed by atoms with Crippen molar-refractivity contribution in [2.75, 3.05) is 7.11 Å². The van der Waals surface area contributed by atoms with Crippen molar-refractivity contribution >= 4 is 16.7 Å². The maximum absolute atomic E-state index is 11.5. The summed E-state index contributed by atoms with van der Waals surface area (Å²) in [6.45, 7) is 0. The third-order valence-corrected chi connectivity index (χ3v) is 2.17. The third-order valence-electron chi connectivity index (χ3n) is 2.17. The van der Waals surface area contributed by atoms with Crippen LogP contribution in [0.2, 0.25) is 0 Å². The predicted octanol–water partition coefficient (Wildman–Crippen LogP) is 2.56. The molecule has 0 aliphatic rings. The first-order chi connectivity index (χ1) is 7.33. The number of carbonyl (C=O) groups is 1. The molecule has 3 heteroatoms. The van der Waals surface area contributed by atoms with Gasteiger partial charge in [-0.25, -0.2) is 4.79 Å². The van der Waals surface area contributed by atoms with Gasteiger partial charge in [0, 0.05) is 0 Å². The van der Waals surface area contributed by atoms with Gasteiger partial charge in [0.15, 0.2) is 0 Å². The minimum absolute atomic E-state index is 0.477. The molecule has 0 N–H and O–H groups in total. The molecule has 0 atom stereocenters. The van der Waals surface area contributed by atoms with Crippen LogP contribution in [0, 0.1) is 0 Å². The fourth-order valence-electron chi connectivity index (χ4n) is 1.52. The number of rotatable bonds is 2. The summed E-state index contributed by atoms with van der Waals surface area (Å²) in [6, 6.07) is 13.1. The second-order valence-electron chi connectivity index (χ2n) is 3.06. The van der Waals surface area contributed by atoms with Crippen LogP contribution in [0.3, 0.4) is 0 Å². The summed E-state index contributed by atoms with van der Waals surface area (Å²) in [7, 11) is 1.31. The summed E-state index contributed by atoms with van der Waals surface area (Å²) in [5.74, 6) is -0.477. The minimum Gasteiger partial charge on any atom is -0.293 e. The summed E-state index contributed by atoms with van der Waals surface area (Å²) >= 11 is 0. The molecule has 0 fully saturated rings. The zero-order valence-electron chi connectivity index (χ0n) is 8.27. The SMILES string of the molecule is COOC(=O)c1cccc2ccccc12. The van der Waals surface area contributed by atoms with Crippen molar-refractivity contribution in [1.29, 1.82) is 0 Å². The third kappa shape index (κ3) is 1.82. The van der Waals surface area contributed by atoms with Crippen molar-refractivity contribution in [3.05, 3.63) is 48.0 Å². The quantitative estimate of drug-likeness (QED) is 0.554. The first kappa shape index (κ1) is 9.68. The Morgan fingerprint density at radius 1 is 1.07 bits per heavy atom. The molecule has 0 aromatic heterocycles.